The van der Waals surface area contributed by atoms with E-state index in [9.17, 15) is 9.59 Å². The molecule has 0 aliphatic rings. The number of rotatable bonds is 10. The first-order chi connectivity index (χ1) is 7.56. The Kier molecular flexibility index (Phi) is 8.46. The molecule has 6 heteroatoms. The van der Waals surface area contributed by atoms with Gasteiger partial charge in [0.1, 0.15) is 0 Å². The second-order valence-electron chi connectivity index (χ2n) is 3.38. The zero-order valence-electron chi connectivity index (χ0n) is 9.52. The minimum Gasteiger partial charge on any atom is -0.481 e. The number of carboxylic acids is 2. The van der Waals surface area contributed by atoms with Crippen molar-refractivity contribution in [2.24, 2.45) is 0 Å². The third-order valence-corrected chi connectivity index (χ3v) is 1.98. The fraction of sp³-hybridized carbons (Fsp3) is 0.800. The highest BCUT2D eigenvalue weighted by Gasteiger charge is 2.08. The van der Waals surface area contributed by atoms with Gasteiger partial charge in [0.2, 0.25) is 0 Å². The Balaban J connectivity index is 3.79. The SMILES string of the molecule is CCOCN(CCCC(=O)O)CCC(=O)O. The van der Waals surface area contributed by atoms with Crippen molar-refractivity contribution in [3.63, 3.8) is 0 Å². The maximum atomic E-state index is 10.4. The Bertz CT molecular complexity index is 219. The minimum absolute atomic E-state index is 0.0418. The summed E-state index contributed by atoms with van der Waals surface area (Å²) < 4.78 is 5.17. The van der Waals surface area contributed by atoms with Crippen LogP contribution in [-0.2, 0) is 14.3 Å². The van der Waals surface area contributed by atoms with Crippen LogP contribution in [0.15, 0.2) is 0 Å². The molecule has 0 atom stereocenters. The lowest BCUT2D eigenvalue weighted by Crippen LogP contribution is -2.30. The van der Waals surface area contributed by atoms with E-state index in [1.807, 2.05) is 6.92 Å². The van der Waals surface area contributed by atoms with Gasteiger partial charge >= 0.3 is 11.9 Å². The topological polar surface area (TPSA) is 87.1 Å². The minimum atomic E-state index is -0.861. The molecule has 0 fully saturated rings. The summed E-state index contributed by atoms with van der Waals surface area (Å²) in [5.74, 6) is -1.70. The zero-order valence-corrected chi connectivity index (χ0v) is 9.52. The lowest BCUT2D eigenvalue weighted by molar-refractivity contribution is -0.139. The molecule has 0 amide bonds. The van der Waals surface area contributed by atoms with Gasteiger partial charge in [0.15, 0.2) is 0 Å². The Morgan fingerprint density at radius 2 is 1.75 bits per heavy atom. The molecule has 0 saturated heterocycles. The number of carboxylic acid groups (broad SMARTS) is 2. The molecule has 0 aliphatic heterocycles. The molecule has 0 aromatic carbocycles. The van der Waals surface area contributed by atoms with Gasteiger partial charge in [-0.3, -0.25) is 14.5 Å². The van der Waals surface area contributed by atoms with Gasteiger partial charge in [-0.25, -0.2) is 0 Å². The van der Waals surface area contributed by atoms with Crippen molar-refractivity contribution < 1.29 is 24.5 Å². The Morgan fingerprint density at radius 3 is 2.25 bits per heavy atom. The van der Waals surface area contributed by atoms with Crippen molar-refractivity contribution >= 4 is 11.9 Å². The average Bonchev–Trinajstić information content (AvgIpc) is 2.20. The monoisotopic (exact) mass is 233 g/mol. The van der Waals surface area contributed by atoms with Crippen molar-refractivity contribution in [2.75, 3.05) is 26.4 Å². The molecule has 0 spiro atoms. The molecule has 0 aromatic heterocycles. The van der Waals surface area contributed by atoms with Crippen LogP contribution >= 0.6 is 0 Å². The molecule has 0 radical (unpaired) electrons. The number of hydrogen-bond donors (Lipinski definition) is 2. The summed E-state index contributed by atoms with van der Waals surface area (Å²) in [7, 11) is 0. The molecule has 0 rings (SSSR count). The van der Waals surface area contributed by atoms with Crippen LogP contribution in [0.25, 0.3) is 0 Å². The van der Waals surface area contributed by atoms with Gasteiger partial charge in [-0.05, 0) is 13.3 Å². The van der Waals surface area contributed by atoms with E-state index in [-0.39, 0.29) is 12.8 Å². The van der Waals surface area contributed by atoms with Gasteiger partial charge in [0.05, 0.1) is 13.2 Å². The smallest absolute Gasteiger partial charge is 0.304 e. The average molecular weight is 233 g/mol. The largest absolute Gasteiger partial charge is 0.481 e. The maximum absolute atomic E-state index is 10.4. The summed E-state index contributed by atoms with van der Waals surface area (Å²) in [6.45, 7) is 3.69. The summed E-state index contributed by atoms with van der Waals surface area (Å²) in [5, 5.41) is 17.0. The molecule has 0 aromatic rings. The Morgan fingerprint density at radius 1 is 1.12 bits per heavy atom. The summed E-state index contributed by atoms with van der Waals surface area (Å²) in [4.78, 5) is 22.5. The van der Waals surface area contributed by atoms with Gasteiger partial charge in [0, 0.05) is 26.1 Å². The Hall–Kier alpha value is -1.14. The second kappa shape index (κ2) is 9.11. The predicted molar refractivity (Wildman–Crippen MR) is 57.2 cm³/mol. The standard InChI is InChI=1S/C10H19NO5/c1-2-16-8-11(7-5-10(14)15)6-3-4-9(12)13/h2-8H2,1H3,(H,12,13)(H,14,15). The first-order valence-corrected chi connectivity index (χ1v) is 5.30. The van der Waals surface area contributed by atoms with Gasteiger partial charge < -0.3 is 14.9 Å². The van der Waals surface area contributed by atoms with Crippen LogP contribution in [0.3, 0.4) is 0 Å². The van der Waals surface area contributed by atoms with Crippen molar-refractivity contribution in [2.45, 2.75) is 26.2 Å². The molecule has 0 aliphatic carbocycles. The first kappa shape index (κ1) is 14.9. The summed E-state index contributed by atoms with van der Waals surface area (Å²) >= 11 is 0. The summed E-state index contributed by atoms with van der Waals surface area (Å²) in [5.41, 5.74) is 0. The van der Waals surface area contributed by atoms with Crippen LogP contribution in [0.1, 0.15) is 26.2 Å². The fourth-order valence-electron chi connectivity index (χ4n) is 1.17. The van der Waals surface area contributed by atoms with E-state index in [4.69, 9.17) is 14.9 Å². The van der Waals surface area contributed by atoms with Gasteiger partial charge in [-0.15, -0.1) is 0 Å². The van der Waals surface area contributed by atoms with E-state index < -0.39 is 11.9 Å². The van der Waals surface area contributed by atoms with Crippen molar-refractivity contribution in [3.05, 3.63) is 0 Å². The highest BCUT2D eigenvalue weighted by atomic mass is 16.5. The van der Waals surface area contributed by atoms with Gasteiger partial charge in [0.25, 0.3) is 0 Å². The molecule has 0 saturated carbocycles. The van der Waals surface area contributed by atoms with Crippen LogP contribution in [-0.4, -0.2) is 53.5 Å². The van der Waals surface area contributed by atoms with Gasteiger partial charge in [-0.1, -0.05) is 0 Å². The third kappa shape index (κ3) is 9.42. The molecular weight excluding hydrogens is 214 g/mol. The van der Waals surface area contributed by atoms with Crippen LogP contribution in [0.4, 0.5) is 0 Å². The van der Waals surface area contributed by atoms with E-state index in [1.54, 1.807) is 4.90 Å². The van der Waals surface area contributed by atoms with Crippen molar-refractivity contribution in [1.82, 2.24) is 4.90 Å². The van der Waals surface area contributed by atoms with Crippen LogP contribution in [0.5, 0.6) is 0 Å². The predicted octanol–water partition coefficient (Wildman–Crippen LogP) is 0.622. The first-order valence-electron chi connectivity index (χ1n) is 5.30. The van der Waals surface area contributed by atoms with E-state index >= 15 is 0 Å². The third-order valence-electron chi connectivity index (χ3n) is 1.98. The van der Waals surface area contributed by atoms with Crippen molar-refractivity contribution in [3.8, 4) is 0 Å². The number of carbonyl (C=O) groups is 2. The number of hydrogen-bond acceptors (Lipinski definition) is 4. The number of ether oxygens (including phenoxy) is 1. The lowest BCUT2D eigenvalue weighted by Gasteiger charge is -2.20. The molecule has 16 heavy (non-hydrogen) atoms. The molecule has 2 N–H and O–H groups in total. The summed E-state index contributed by atoms with van der Waals surface area (Å²) in [6.07, 6.45) is 0.637. The maximum Gasteiger partial charge on any atom is 0.304 e. The lowest BCUT2D eigenvalue weighted by atomic mass is 10.3. The fourth-order valence-corrected chi connectivity index (χ4v) is 1.17. The second-order valence-corrected chi connectivity index (χ2v) is 3.38. The molecule has 6 nitrogen and oxygen atoms in total. The molecule has 0 unspecified atom stereocenters. The van der Waals surface area contributed by atoms with Gasteiger partial charge in [-0.2, -0.15) is 0 Å². The van der Waals surface area contributed by atoms with E-state index in [0.29, 0.717) is 32.8 Å². The van der Waals surface area contributed by atoms with E-state index in [1.165, 1.54) is 0 Å². The Labute approximate surface area is 94.8 Å². The molecule has 94 valence electrons. The van der Waals surface area contributed by atoms with Crippen LogP contribution < -0.4 is 0 Å². The van der Waals surface area contributed by atoms with E-state index in [0.717, 1.165) is 0 Å². The molecular formula is C10H19NO5. The molecule has 0 heterocycles. The quantitative estimate of drug-likeness (QED) is 0.538. The van der Waals surface area contributed by atoms with Crippen molar-refractivity contribution in [1.29, 1.82) is 0 Å². The highest BCUT2D eigenvalue weighted by molar-refractivity contribution is 5.67. The van der Waals surface area contributed by atoms with Crippen LogP contribution in [0, 0.1) is 0 Å². The van der Waals surface area contributed by atoms with E-state index in [2.05, 4.69) is 0 Å². The van der Waals surface area contributed by atoms with Crippen LogP contribution in [0.2, 0.25) is 0 Å². The molecule has 0 bridgehead atoms. The summed E-state index contributed by atoms with van der Waals surface area (Å²) in [6, 6.07) is 0. The number of nitrogens with zero attached hydrogens (tertiary/aromatic N) is 1. The normalized spacial score (nSPS) is 10.6. The highest BCUT2D eigenvalue weighted by Crippen LogP contribution is 1.98. The zero-order chi connectivity index (χ0) is 12.4. The number of aliphatic carboxylic acids is 2.